The zero-order chi connectivity index (χ0) is 25.2. The van der Waals surface area contributed by atoms with Crippen molar-refractivity contribution in [2.45, 2.75) is 24.6 Å². The average molecular weight is 490 g/mol. The molecule has 9 nitrogen and oxygen atoms in total. The highest BCUT2D eigenvalue weighted by Gasteiger charge is 2.53. The molecule has 2 heterocycles. The standard InChI is InChI=1S/C22H18F4N6O3/c1-32(19(33)21(6-7-21)31-20(34)35-15-10-27-12-28-11-15)18-5-3-14(9-29-18)30-17-4-2-13(23)8-16(17)22(24,25)26/h2-5,8-12,30H,6-7H2,1H3,(H,31,34). The third kappa shape index (κ3) is 5.45. The Balaban J connectivity index is 1.42. The van der Waals surface area contributed by atoms with Gasteiger partial charge in [0.25, 0.3) is 5.91 Å². The van der Waals surface area contributed by atoms with Crippen LogP contribution in [0.1, 0.15) is 18.4 Å². The molecule has 2 N–H and O–H groups in total. The van der Waals surface area contributed by atoms with E-state index in [9.17, 15) is 27.2 Å². The van der Waals surface area contributed by atoms with Crippen molar-refractivity contribution in [3.8, 4) is 5.75 Å². The van der Waals surface area contributed by atoms with Crippen molar-refractivity contribution in [1.29, 1.82) is 0 Å². The second-order valence-electron chi connectivity index (χ2n) is 7.75. The van der Waals surface area contributed by atoms with E-state index in [4.69, 9.17) is 4.74 Å². The zero-order valence-electron chi connectivity index (χ0n) is 18.1. The van der Waals surface area contributed by atoms with Crippen LogP contribution in [-0.2, 0) is 11.0 Å². The second-order valence-corrected chi connectivity index (χ2v) is 7.75. The molecule has 1 aliphatic carbocycles. The van der Waals surface area contributed by atoms with Crippen molar-refractivity contribution in [3.05, 3.63) is 66.6 Å². The summed E-state index contributed by atoms with van der Waals surface area (Å²) in [5, 5.41) is 5.11. The van der Waals surface area contributed by atoms with Gasteiger partial charge in [0.05, 0.1) is 35.5 Å². The van der Waals surface area contributed by atoms with Crippen LogP contribution in [0.25, 0.3) is 0 Å². The summed E-state index contributed by atoms with van der Waals surface area (Å²) >= 11 is 0. The molecule has 0 spiro atoms. The summed E-state index contributed by atoms with van der Waals surface area (Å²) in [6.07, 6.45) is 0.276. The lowest BCUT2D eigenvalue weighted by Gasteiger charge is -2.23. The molecule has 0 atom stereocenters. The van der Waals surface area contributed by atoms with Gasteiger partial charge in [-0.15, -0.1) is 0 Å². The maximum atomic E-state index is 13.3. The Morgan fingerprint density at radius 3 is 2.40 bits per heavy atom. The molecule has 1 aliphatic rings. The van der Waals surface area contributed by atoms with Gasteiger partial charge >= 0.3 is 12.3 Å². The molecule has 3 aromatic rings. The summed E-state index contributed by atoms with van der Waals surface area (Å²) in [5.41, 5.74) is -2.47. The van der Waals surface area contributed by atoms with Crippen molar-refractivity contribution in [2.75, 3.05) is 17.3 Å². The van der Waals surface area contributed by atoms with E-state index in [0.717, 1.165) is 12.1 Å². The van der Waals surface area contributed by atoms with E-state index in [1.807, 2.05) is 0 Å². The lowest BCUT2D eigenvalue weighted by atomic mass is 10.1. The van der Waals surface area contributed by atoms with Gasteiger partial charge in [-0.2, -0.15) is 13.2 Å². The molecule has 2 amide bonds. The minimum Gasteiger partial charge on any atom is -0.407 e. The molecule has 1 aromatic carbocycles. The average Bonchev–Trinajstić information content (AvgIpc) is 3.60. The molecule has 2 aromatic heterocycles. The number of nitrogens with zero attached hydrogens (tertiary/aromatic N) is 4. The summed E-state index contributed by atoms with van der Waals surface area (Å²) in [5.74, 6) is -1.14. The number of hydrogen-bond acceptors (Lipinski definition) is 7. The highest BCUT2D eigenvalue weighted by Crippen LogP contribution is 2.39. The van der Waals surface area contributed by atoms with Gasteiger partial charge in [-0.3, -0.25) is 9.69 Å². The second kappa shape index (κ2) is 9.16. The first kappa shape index (κ1) is 23.9. The fourth-order valence-electron chi connectivity index (χ4n) is 3.28. The summed E-state index contributed by atoms with van der Waals surface area (Å²) in [4.78, 5) is 38.0. The first-order chi connectivity index (χ1) is 16.6. The molecule has 4 rings (SSSR count). The minimum atomic E-state index is -4.76. The number of likely N-dealkylation sites (N-methyl/N-ethyl adjacent to an activating group) is 1. The fourth-order valence-corrected chi connectivity index (χ4v) is 3.28. The van der Waals surface area contributed by atoms with Crippen molar-refractivity contribution >= 4 is 29.2 Å². The number of rotatable bonds is 6. The predicted octanol–water partition coefficient (Wildman–Crippen LogP) is 4.06. The highest BCUT2D eigenvalue weighted by atomic mass is 19.4. The van der Waals surface area contributed by atoms with Gasteiger partial charge in [0.15, 0.2) is 5.75 Å². The van der Waals surface area contributed by atoms with Crippen molar-refractivity contribution in [2.24, 2.45) is 0 Å². The Morgan fingerprint density at radius 1 is 1.09 bits per heavy atom. The lowest BCUT2D eigenvalue weighted by Crippen LogP contribution is -2.50. The number of amides is 2. The van der Waals surface area contributed by atoms with Crippen LogP contribution in [-0.4, -0.2) is 39.5 Å². The van der Waals surface area contributed by atoms with Crippen molar-refractivity contribution < 1.29 is 31.9 Å². The van der Waals surface area contributed by atoms with Crippen LogP contribution < -0.4 is 20.3 Å². The summed E-state index contributed by atoms with van der Waals surface area (Å²) in [7, 11) is 1.46. The third-order valence-corrected chi connectivity index (χ3v) is 5.21. The number of pyridine rings is 1. The number of carbonyl (C=O) groups is 2. The van der Waals surface area contributed by atoms with Crippen LogP contribution in [0.4, 0.5) is 39.5 Å². The summed E-state index contributed by atoms with van der Waals surface area (Å²) < 4.78 is 58.0. The Bertz CT molecular complexity index is 1230. The highest BCUT2D eigenvalue weighted by molar-refractivity contribution is 6.03. The third-order valence-electron chi connectivity index (χ3n) is 5.21. The molecule has 0 bridgehead atoms. The van der Waals surface area contributed by atoms with E-state index in [2.05, 4.69) is 25.6 Å². The fraction of sp³-hybridized carbons (Fsp3) is 0.227. The number of aromatic nitrogens is 3. The Labute approximate surface area is 196 Å². The van der Waals surface area contributed by atoms with Crippen LogP contribution in [0.15, 0.2) is 55.2 Å². The van der Waals surface area contributed by atoms with Gasteiger partial charge in [0, 0.05) is 7.05 Å². The first-order valence-electron chi connectivity index (χ1n) is 10.2. The number of benzene rings is 1. The zero-order valence-corrected chi connectivity index (χ0v) is 18.1. The smallest absolute Gasteiger partial charge is 0.407 e. The van der Waals surface area contributed by atoms with Gasteiger partial charge in [0.1, 0.15) is 23.5 Å². The molecule has 35 heavy (non-hydrogen) atoms. The van der Waals surface area contributed by atoms with Gasteiger partial charge in [-0.1, -0.05) is 0 Å². The normalized spacial score (nSPS) is 14.1. The molecule has 1 fully saturated rings. The van der Waals surface area contributed by atoms with Crippen molar-refractivity contribution in [3.63, 3.8) is 0 Å². The topological polar surface area (TPSA) is 109 Å². The number of carbonyl (C=O) groups excluding carboxylic acids is 2. The largest absolute Gasteiger partial charge is 0.418 e. The van der Waals surface area contributed by atoms with E-state index in [1.54, 1.807) is 0 Å². The Morgan fingerprint density at radius 2 is 1.80 bits per heavy atom. The first-order valence-corrected chi connectivity index (χ1v) is 10.2. The molecule has 0 unspecified atom stereocenters. The Kier molecular flexibility index (Phi) is 6.24. The Hall–Kier alpha value is -4.29. The molecule has 0 radical (unpaired) electrons. The lowest BCUT2D eigenvalue weighted by molar-refractivity contribution is -0.137. The molecule has 13 heteroatoms. The number of ether oxygens (including phenoxy) is 1. The summed E-state index contributed by atoms with van der Waals surface area (Å²) in [6, 6.07) is 5.13. The molecule has 1 saturated carbocycles. The monoisotopic (exact) mass is 490 g/mol. The number of alkyl halides is 3. The minimum absolute atomic E-state index is 0.112. The summed E-state index contributed by atoms with van der Waals surface area (Å²) in [6.45, 7) is 0. The molecule has 0 saturated heterocycles. The SMILES string of the molecule is CN(C(=O)C1(NC(=O)Oc2cncnc2)CC1)c1ccc(Nc2ccc(F)cc2C(F)(F)F)cn1. The maximum absolute atomic E-state index is 13.3. The van der Waals surface area contributed by atoms with Gasteiger partial charge in [-0.05, 0) is 43.2 Å². The van der Waals surface area contributed by atoms with E-state index < -0.39 is 35.1 Å². The van der Waals surface area contributed by atoms with E-state index in [-0.39, 0.29) is 22.9 Å². The molecular formula is C22H18F4N6O3. The van der Waals surface area contributed by atoms with Crippen LogP contribution in [0.2, 0.25) is 0 Å². The van der Waals surface area contributed by atoms with E-state index >= 15 is 0 Å². The van der Waals surface area contributed by atoms with Crippen molar-refractivity contribution in [1.82, 2.24) is 20.3 Å². The van der Waals surface area contributed by atoms with Crippen LogP contribution in [0.5, 0.6) is 5.75 Å². The molecule has 0 aliphatic heterocycles. The van der Waals surface area contributed by atoms with Gasteiger partial charge in [-0.25, -0.2) is 24.1 Å². The van der Waals surface area contributed by atoms with Gasteiger partial charge in [0.2, 0.25) is 0 Å². The molecular weight excluding hydrogens is 472 g/mol. The number of halogens is 4. The van der Waals surface area contributed by atoms with Crippen LogP contribution in [0, 0.1) is 5.82 Å². The van der Waals surface area contributed by atoms with Crippen LogP contribution in [0.3, 0.4) is 0 Å². The quantitative estimate of drug-likeness (QED) is 0.502. The predicted molar refractivity (Wildman–Crippen MR) is 115 cm³/mol. The van der Waals surface area contributed by atoms with E-state index in [1.165, 1.54) is 49.0 Å². The number of nitrogens with one attached hydrogen (secondary N) is 2. The maximum Gasteiger partial charge on any atom is 0.418 e. The van der Waals surface area contributed by atoms with Crippen LogP contribution >= 0.6 is 0 Å². The van der Waals surface area contributed by atoms with Gasteiger partial charge < -0.3 is 15.4 Å². The number of hydrogen-bond donors (Lipinski definition) is 2. The number of anilines is 3. The van der Waals surface area contributed by atoms with E-state index in [0.29, 0.717) is 18.9 Å². The molecule has 182 valence electrons.